The minimum absolute atomic E-state index is 0.0298. The molecular formula is C20H21N7O2. The van der Waals surface area contributed by atoms with Crippen molar-refractivity contribution >= 4 is 23.2 Å². The third-order valence-corrected chi connectivity index (χ3v) is 4.94. The SMILES string of the molecule is CC(=O)c1cccc(NC(=O)C2CCCN(c3ccc(-n4cncn4)nn3)C2)c1. The van der Waals surface area contributed by atoms with Gasteiger partial charge in [-0.2, -0.15) is 5.10 Å². The van der Waals surface area contributed by atoms with Crippen LogP contribution in [-0.4, -0.2) is 49.7 Å². The number of anilines is 2. The summed E-state index contributed by atoms with van der Waals surface area (Å²) in [6.07, 6.45) is 4.69. The fraction of sp³-hybridized carbons (Fsp3) is 0.300. The minimum atomic E-state index is -0.165. The molecule has 148 valence electrons. The van der Waals surface area contributed by atoms with E-state index in [4.69, 9.17) is 0 Å². The van der Waals surface area contributed by atoms with Crippen LogP contribution in [0.5, 0.6) is 0 Å². The molecule has 3 aromatic rings. The molecule has 1 atom stereocenters. The predicted octanol–water partition coefficient (Wildman–Crippen LogP) is 2.11. The highest BCUT2D eigenvalue weighted by molar-refractivity contribution is 5.97. The van der Waals surface area contributed by atoms with Crippen molar-refractivity contribution in [2.45, 2.75) is 19.8 Å². The van der Waals surface area contributed by atoms with E-state index < -0.39 is 0 Å². The molecule has 1 amide bonds. The number of carbonyl (C=O) groups is 2. The number of aromatic nitrogens is 5. The van der Waals surface area contributed by atoms with Crippen molar-refractivity contribution in [2.24, 2.45) is 5.92 Å². The van der Waals surface area contributed by atoms with Gasteiger partial charge in [-0.3, -0.25) is 9.59 Å². The van der Waals surface area contributed by atoms with Crippen LogP contribution in [0, 0.1) is 5.92 Å². The largest absolute Gasteiger partial charge is 0.354 e. The molecule has 1 unspecified atom stereocenters. The van der Waals surface area contributed by atoms with E-state index in [2.05, 4.69) is 30.5 Å². The van der Waals surface area contributed by atoms with Crippen LogP contribution in [0.4, 0.5) is 11.5 Å². The summed E-state index contributed by atoms with van der Waals surface area (Å²) in [5.74, 6) is 1.06. The summed E-state index contributed by atoms with van der Waals surface area (Å²) in [6, 6.07) is 10.7. The van der Waals surface area contributed by atoms with Crippen molar-refractivity contribution in [3.05, 3.63) is 54.6 Å². The number of rotatable bonds is 5. The second kappa shape index (κ2) is 8.17. The third-order valence-electron chi connectivity index (χ3n) is 4.94. The first-order valence-electron chi connectivity index (χ1n) is 9.46. The van der Waals surface area contributed by atoms with E-state index in [0.717, 1.165) is 25.2 Å². The average Bonchev–Trinajstić information content (AvgIpc) is 3.29. The summed E-state index contributed by atoms with van der Waals surface area (Å²) in [5.41, 5.74) is 1.22. The molecule has 1 aromatic carbocycles. The second-order valence-corrected chi connectivity index (χ2v) is 7.00. The van der Waals surface area contributed by atoms with Gasteiger partial charge in [-0.15, -0.1) is 10.2 Å². The standard InChI is InChI=1S/C20H21N7O2/c1-14(28)15-4-2-6-17(10-15)23-20(29)16-5-3-9-26(11-16)18-7-8-19(25-24-18)27-13-21-12-22-27/h2,4,6-8,10,12-13,16H,3,5,9,11H2,1H3,(H,23,29). The van der Waals surface area contributed by atoms with Crippen molar-refractivity contribution in [3.8, 4) is 5.82 Å². The van der Waals surface area contributed by atoms with Crippen molar-refractivity contribution < 1.29 is 9.59 Å². The van der Waals surface area contributed by atoms with Crippen LogP contribution in [0.15, 0.2) is 49.1 Å². The van der Waals surface area contributed by atoms with Gasteiger partial charge in [-0.1, -0.05) is 12.1 Å². The number of ketones is 1. The van der Waals surface area contributed by atoms with Crippen LogP contribution >= 0.6 is 0 Å². The molecule has 9 nitrogen and oxygen atoms in total. The molecule has 0 aliphatic carbocycles. The van der Waals surface area contributed by atoms with Gasteiger partial charge in [0.25, 0.3) is 0 Å². The van der Waals surface area contributed by atoms with Crippen molar-refractivity contribution in [3.63, 3.8) is 0 Å². The topological polar surface area (TPSA) is 106 Å². The van der Waals surface area contributed by atoms with Crippen LogP contribution in [0.3, 0.4) is 0 Å². The monoisotopic (exact) mass is 391 g/mol. The number of Topliss-reactive ketones (excluding diaryl/α,β-unsaturated/α-hetero) is 1. The Morgan fingerprint density at radius 1 is 1.14 bits per heavy atom. The molecule has 29 heavy (non-hydrogen) atoms. The Morgan fingerprint density at radius 3 is 2.69 bits per heavy atom. The lowest BCUT2D eigenvalue weighted by atomic mass is 9.97. The smallest absolute Gasteiger partial charge is 0.229 e. The molecule has 4 rings (SSSR count). The van der Waals surface area contributed by atoms with E-state index in [0.29, 0.717) is 23.6 Å². The molecular weight excluding hydrogens is 370 g/mol. The molecule has 1 fully saturated rings. The van der Waals surface area contributed by atoms with Gasteiger partial charge in [-0.25, -0.2) is 9.67 Å². The number of nitrogens with one attached hydrogen (secondary N) is 1. The number of hydrogen-bond acceptors (Lipinski definition) is 7. The maximum atomic E-state index is 12.8. The first-order valence-corrected chi connectivity index (χ1v) is 9.46. The highest BCUT2D eigenvalue weighted by Crippen LogP contribution is 2.23. The zero-order valence-electron chi connectivity index (χ0n) is 16.0. The Morgan fingerprint density at radius 2 is 1.97 bits per heavy atom. The van der Waals surface area contributed by atoms with Gasteiger partial charge in [0.2, 0.25) is 5.91 Å². The van der Waals surface area contributed by atoms with E-state index >= 15 is 0 Å². The highest BCUT2D eigenvalue weighted by atomic mass is 16.2. The molecule has 3 heterocycles. The molecule has 9 heteroatoms. The van der Waals surface area contributed by atoms with Crippen molar-refractivity contribution in [1.82, 2.24) is 25.0 Å². The van der Waals surface area contributed by atoms with E-state index in [-0.39, 0.29) is 17.6 Å². The summed E-state index contributed by atoms with van der Waals surface area (Å²) in [5, 5.41) is 15.5. The maximum absolute atomic E-state index is 12.8. The molecule has 1 saturated heterocycles. The lowest BCUT2D eigenvalue weighted by Crippen LogP contribution is -2.41. The summed E-state index contributed by atoms with van der Waals surface area (Å²) in [6.45, 7) is 2.89. The Kier molecular flexibility index (Phi) is 5.28. The van der Waals surface area contributed by atoms with Gasteiger partial charge in [0.15, 0.2) is 17.4 Å². The molecule has 1 aliphatic heterocycles. The van der Waals surface area contributed by atoms with E-state index in [1.807, 2.05) is 12.1 Å². The fourth-order valence-electron chi connectivity index (χ4n) is 3.40. The van der Waals surface area contributed by atoms with Gasteiger partial charge in [-0.05, 0) is 44.0 Å². The van der Waals surface area contributed by atoms with Crippen LogP contribution in [0.25, 0.3) is 5.82 Å². The Balaban J connectivity index is 1.42. The van der Waals surface area contributed by atoms with E-state index in [1.165, 1.54) is 13.3 Å². The van der Waals surface area contributed by atoms with Gasteiger partial charge in [0.05, 0.1) is 5.92 Å². The number of amides is 1. The summed E-state index contributed by atoms with van der Waals surface area (Å²) in [4.78, 5) is 30.3. The second-order valence-electron chi connectivity index (χ2n) is 7.00. The van der Waals surface area contributed by atoms with Gasteiger partial charge in [0, 0.05) is 24.3 Å². The van der Waals surface area contributed by atoms with Crippen LogP contribution in [-0.2, 0) is 4.79 Å². The predicted molar refractivity (Wildman–Crippen MR) is 107 cm³/mol. The number of hydrogen-bond donors (Lipinski definition) is 1. The van der Waals surface area contributed by atoms with Gasteiger partial charge in [0.1, 0.15) is 12.7 Å². The molecule has 1 aliphatic rings. The van der Waals surface area contributed by atoms with Crippen LogP contribution in [0.1, 0.15) is 30.1 Å². The number of carbonyl (C=O) groups excluding carboxylic acids is 2. The Labute approximate surface area is 167 Å². The molecule has 2 aromatic heterocycles. The number of benzene rings is 1. The molecule has 0 radical (unpaired) electrons. The summed E-state index contributed by atoms with van der Waals surface area (Å²) >= 11 is 0. The Bertz CT molecular complexity index is 1000. The van der Waals surface area contributed by atoms with E-state index in [9.17, 15) is 9.59 Å². The first kappa shape index (κ1) is 18.7. The maximum Gasteiger partial charge on any atom is 0.229 e. The summed E-state index contributed by atoms with van der Waals surface area (Å²) < 4.78 is 1.54. The zero-order valence-corrected chi connectivity index (χ0v) is 16.0. The third kappa shape index (κ3) is 4.29. The molecule has 0 spiro atoms. The molecule has 0 saturated carbocycles. The minimum Gasteiger partial charge on any atom is -0.354 e. The first-order chi connectivity index (χ1) is 14.1. The Hall–Kier alpha value is -3.62. The highest BCUT2D eigenvalue weighted by Gasteiger charge is 2.27. The van der Waals surface area contributed by atoms with Crippen molar-refractivity contribution in [1.29, 1.82) is 0 Å². The molecule has 0 bridgehead atoms. The lowest BCUT2D eigenvalue weighted by molar-refractivity contribution is -0.120. The summed E-state index contributed by atoms with van der Waals surface area (Å²) in [7, 11) is 0. The van der Waals surface area contributed by atoms with Crippen LogP contribution in [0.2, 0.25) is 0 Å². The number of nitrogens with zero attached hydrogens (tertiary/aromatic N) is 6. The van der Waals surface area contributed by atoms with Gasteiger partial charge < -0.3 is 10.2 Å². The van der Waals surface area contributed by atoms with E-state index in [1.54, 1.807) is 35.3 Å². The normalized spacial score (nSPS) is 16.4. The molecule has 1 N–H and O–H groups in total. The van der Waals surface area contributed by atoms with Crippen LogP contribution < -0.4 is 10.2 Å². The lowest BCUT2D eigenvalue weighted by Gasteiger charge is -2.32. The zero-order chi connectivity index (χ0) is 20.2. The van der Waals surface area contributed by atoms with Crippen molar-refractivity contribution in [2.75, 3.05) is 23.3 Å². The van der Waals surface area contributed by atoms with Gasteiger partial charge >= 0.3 is 0 Å². The average molecular weight is 391 g/mol. The fourth-order valence-corrected chi connectivity index (χ4v) is 3.40. The number of piperidine rings is 1. The quantitative estimate of drug-likeness (QED) is 0.664.